The molecule has 360 valence electrons. The van der Waals surface area contributed by atoms with Crippen LogP contribution in [0.2, 0.25) is 5.02 Å². The van der Waals surface area contributed by atoms with Gasteiger partial charge in [0, 0.05) is 19.7 Å². The maximum Gasteiger partial charge on any atom is 0.530 e. The molecule has 0 radical (unpaired) electrons. The molecule has 0 bridgehead atoms. The van der Waals surface area contributed by atoms with Crippen LogP contribution < -0.4 is 10.3 Å². The predicted octanol–water partition coefficient (Wildman–Crippen LogP) is 11.5. The summed E-state index contributed by atoms with van der Waals surface area (Å²) in [5.41, 5.74) is 7.76. The van der Waals surface area contributed by atoms with Crippen LogP contribution in [0, 0.1) is 11.3 Å². The van der Waals surface area contributed by atoms with Crippen LogP contribution in [-0.2, 0) is 51.3 Å². The van der Waals surface area contributed by atoms with Crippen LogP contribution in [0.5, 0.6) is 5.75 Å². The largest absolute Gasteiger partial charge is 0.530 e. The second-order valence-corrected chi connectivity index (χ2v) is 20.5. The molecule has 14 nitrogen and oxygen atoms in total. The highest BCUT2D eigenvalue weighted by molar-refractivity contribution is 7.49. The number of nitrogens with two attached hydrogens (primary N) is 1. The van der Waals surface area contributed by atoms with E-state index in [-0.39, 0.29) is 35.8 Å². The number of unbranched alkanes of at least 4 members (excludes halogenated alkanes) is 15. The van der Waals surface area contributed by atoms with E-state index in [2.05, 4.69) is 40.1 Å². The maximum absolute atomic E-state index is 15.0. The lowest BCUT2D eigenvalue weighted by atomic mass is 9.92. The zero-order chi connectivity index (χ0) is 46.4. The van der Waals surface area contributed by atoms with Gasteiger partial charge in [0.15, 0.2) is 11.6 Å². The lowest BCUT2D eigenvalue weighted by Crippen LogP contribution is -2.40. The van der Waals surface area contributed by atoms with Gasteiger partial charge in [-0.3, -0.25) is 13.9 Å². The van der Waals surface area contributed by atoms with Gasteiger partial charge in [0.25, 0.3) is 0 Å². The van der Waals surface area contributed by atoms with Crippen molar-refractivity contribution in [3.05, 3.63) is 88.8 Å². The normalized spacial score (nSPS) is 22.6. The summed E-state index contributed by atoms with van der Waals surface area (Å²) < 4.78 is 60.6. The van der Waals surface area contributed by atoms with E-state index in [9.17, 15) is 9.83 Å². The quantitative estimate of drug-likeness (QED) is 0.0404. The van der Waals surface area contributed by atoms with Crippen molar-refractivity contribution < 1.29 is 37.1 Å². The number of phosphoric ester groups is 1. The van der Waals surface area contributed by atoms with Crippen molar-refractivity contribution in [1.82, 2.24) is 19.5 Å². The minimum absolute atomic E-state index is 0.0295. The average Bonchev–Trinajstić information content (AvgIpc) is 4.09. The van der Waals surface area contributed by atoms with E-state index in [4.69, 9.17) is 49.9 Å². The van der Waals surface area contributed by atoms with E-state index >= 15 is 0 Å². The molecule has 0 saturated carbocycles. The van der Waals surface area contributed by atoms with Gasteiger partial charge in [-0.25, -0.2) is 14.1 Å². The Hall–Kier alpha value is -3.61. The summed E-state index contributed by atoms with van der Waals surface area (Å²) in [6, 6.07) is 20.5. The molecule has 0 aliphatic carbocycles. The van der Waals surface area contributed by atoms with Crippen LogP contribution in [-0.4, -0.2) is 76.1 Å². The fraction of sp³-hybridized carbons (Fsp3) is 0.620. The van der Waals surface area contributed by atoms with Gasteiger partial charge < -0.3 is 29.2 Å². The van der Waals surface area contributed by atoms with E-state index in [1.807, 2.05) is 12.1 Å². The summed E-state index contributed by atoms with van der Waals surface area (Å²) in [7, 11) is -4.46. The van der Waals surface area contributed by atoms with Gasteiger partial charge in [-0.15, -0.1) is 0 Å². The summed E-state index contributed by atoms with van der Waals surface area (Å²) >= 11 is 6.54. The summed E-state index contributed by atoms with van der Waals surface area (Å²) in [6.07, 6.45) is 19.6. The van der Waals surface area contributed by atoms with Gasteiger partial charge in [0.1, 0.15) is 42.0 Å². The summed E-state index contributed by atoms with van der Waals surface area (Å²) in [6.45, 7) is 7.78. The average molecular weight is 950 g/mol. The van der Waals surface area contributed by atoms with E-state index in [0.29, 0.717) is 37.5 Å². The summed E-state index contributed by atoms with van der Waals surface area (Å²) in [5, 5.41) is 15.5. The molecule has 0 spiro atoms. The molecule has 16 heteroatoms. The van der Waals surface area contributed by atoms with E-state index < -0.39 is 37.5 Å². The number of halogens is 1. The Morgan fingerprint density at radius 3 is 2.09 bits per heavy atom. The first kappa shape index (κ1) is 50.3. The number of phosphoric acid groups is 1. The second kappa shape index (κ2) is 24.1. The third-order valence-corrected chi connectivity index (χ3v) is 14.6. The van der Waals surface area contributed by atoms with Crippen LogP contribution in [0.25, 0.3) is 5.52 Å². The second-order valence-electron chi connectivity index (χ2n) is 18.5. The fourth-order valence-corrected chi connectivity index (χ4v) is 10.9. The molecule has 3 aliphatic heterocycles. The lowest BCUT2D eigenvalue weighted by Gasteiger charge is -2.30. The smallest absolute Gasteiger partial charge is 0.402 e. The Kier molecular flexibility index (Phi) is 18.4. The van der Waals surface area contributed by atoms with Crippen LogP contribution in [0.3, 0.4) is 0 Å². The number of hydrogen-bond donors (Lipinski definition) is 1. The molecule has 66 heavy (non-hydrogen) atoms. The van der Waals surface area contributed by atoms with E-state index in [0.717, 1.165) is 12.8 Å². The Labute approximate surface area is 396 Å². The minimum atomic E-state index is -4.46. The fourth-order valence-electron chi connectivity index (χ4n) is 9.38. The van der Waals surface area contributed by atoms with Crippen molar-refractivity contribution in [2.24, 2.45) is 0 Å². The van der Waals surface area contributed by atoms with E-state index in [1.54, 1.807) is 50.2 Å². The number of ether oxygens (including phenoxy) is 4. The van der Waals surface area contributed by atoms with Gasteiger partial charge in [-0.2, -0.15) is 10.4 Å². The molecular weight excluding hydrogens is 879 g/mol. The Bertz CT molecular complexity index is 2210. The maximum atomic E-state index is 15.0. The molecule has 5 heterocycles. The molecular formula is C50H70ClN6O8P. The zero-order valence-electron chi connectivity index (χ0n) is 39.1. The summed E-state index contributed by atoms with van der Waals surface area (Å²) in [5.74, 6) is -0.719. The first-order valence-corrected chi connectivity index (χ1v) is 26.1. The first-order chi connectivity index (χ1) is 32.0. The molecule has 2 saturated heterocycles. The number of fused-ring (bicyclic) bond motifs is 3. The highest BCUT2D eigenvalue weighted by Gasteiger charge is 2.65. The SMILES string of the molecule is CCCCCCCCCCCCCCCCCCOC[C@H](COP(=O)(OC[C@H]1O[C@@](C#N)(c2ccc3c(N)ncnn23)[C@@H]2OC(C)(C)O[C@@H]21)Oc1ccccc1Cl)N1Cc2ccccc2C1. The zero-order valence-corrected chi connectivity index (χ0v) is 40.8. The van der Waals surface area contributed by atoms with Gasteiger partial charge in [0.05, 0.1) is 36.6 Å². The molecule has 0 amide bonds. The van der Waals surface area contributed by atoms with Crippen molar-refractivity contribution in [2.75, 3.05) is 32.2 Å². The lowest BCUT2D eigenvalue weighted by molar-refractivity contribution is -0.204. The predicted molar refractivity (Wildman–Crippen MR) is 255 cm³/mol. The molecule has 2 N–H and O–H groups in total. The summed E-state index contributed by atoms with van der Waals surface area (Å²) in [4.78, 5) is 6.36. The third-order valence-electron chi connectivity index (χ3n) is 13.0. The van der Waals surface area contributed by atoms with Crippen molar-refractivity contribution in [3.8, 4) is 11.8 Å². The molecule has 2 aromatic carbocycles. The topological polar surface area (TPSA) is 165 Å². The molecule has 6 atom stereocenters. The van der Waals surface area contributed by atoms with Crippen molar-refractivity contribution in [1.29, 1.82) is 5.26 Å². The number of aromatic nitrogens is 3. The number of anilines is 1. The highest BCUT2D eigenvalue weighted by Crippen LogP contribution is 2.54. The number of nitrogen functional groups attached to an aromatic ring is 1. The van der Waals surface area contributed by atoms with Gasteiger partial charge in [-0.1, -0.05) is 151 Å². The van der Waals surface area contributed by atoms with Gasteiger partial charge in [-0.05, 0) is 55.7 Å². The van der Waals surface area contributed by atoms with E-state index in [1.165, 1.54) is 112 Å². The van der Waals surface area contributed by atoms with Crippen molar-refractivity contribution in [2.45, 2.75) is 172 Å². The molecule has 2 aromatic heterocycles. The van der Waals surface area contributed by atoms with Crippen molar-refractivity contribution in [3.63, 3.8) is 0 Å². The first-order valence-electron chi connectivity index (χ1n) is 24.3. The van der Waals surface area contributed by atoms with Gasteiger partial charge in [0.2, 0.25) is 5.60 Å². The van der Waals surface area contributed by atoms with Crippen LogP contribution in [0.15, 0.2) is 67.0 Å². The monoisotopic (exact) mass is 948 g/mol. The molecule has 2 fully saturated rings. The highest BCUT2D eigenvalue weighted by atomic mass is 35.5. The Morgan fingerprint density at radius 1 is 0.833 bits per heavy atom. The number of rotatable bonds is 29. The number of nitriles is 1. The van der Waals surface area contributed by atoms with Crippen molar-refractivity contribution >= 4 is 30.8 Å². The number of para-hydroxylation sites is 1. The molecule has 3 aliphatic rings. The number of nitrogens with zero attached hydrogens (tertiary/aromatic N) is 5. The van der Waals surface area contributed by atoms with Crippen LogP contribution in [0.1, 0.15) is 140 Å². The Balaban J connectivity index is 0.955. The minimum Gasteiger partial charge on any atom is -0.402 e. The van der Waals surface area contributed by atoms with Crippen LogP contribution >= 0.6 is 19.4 Å². The third kappa shape index (κ3) is 12.9. The molecule has 1 unspecified atom stereocenters. The van der Waals surface area contributed by atoms with Crippen LogP contribution in [0.4, 0.5) is 5.82 Å². The Morgan fingerprint density at radius 2 is 1.45 bits per heavy atom. The number of benzene rings is 2. The standard InChI is InChI=1S/C50H70ClN6O8P/c1-4-5-6-7-8-9-10-11-12-13-14-15-16-17-18-23-30-59-33-40(56-31-38-24-19-20-25-39(38)32-56)34-60-66(58,65-43-27-22-21-26-41(43)51)61-35-44-46-47(64-49(2,3)63-46)50(36-52,62-44)45-29-28-42-48(53)54-37-55-57(42)45/h19-22,24-29,37,40,44,46-47H,4-18,23,30-35H2,1-3H3,(H2,53,54,55)/t40-,44-,46-,47-,50+,66?/m1/s1. The van der Waals surface area contributed by atoms with Gasteiger partial charge >= 0.3 is 7.82 Å². The molecule has 7 rings (SSSR count). The number of hydrogen-bond acceptors (Lipinski definition) is 13. The molecule has 4 aromatic rings.